The summed E-state index contributed by atoms with van der Waals surface area (Å²) in [4.78, 5) is 30.5. The summed E-state index contributed by atoms with van der Waals surface area (Å²) in [6.45, 7) is 7.04. The van der Waals surface area contributed by atoms with E-state index in [9.17, 15) is 9.59 Å². The van der Waals surface area contributed by atoms with E-state index in [0.29, 0.717) is 35.2 Å². The molecule has 0 saturated heterocycles. The lowest BCUT2D eigenvalue weighted by atomic mass is 10.2. The zero-order valence-electron chi connectivity index (χ0n) is 18.4. The molecule has 1 aliphatic rings. The lowest BCUT2D eigenvalue weighted by molar-refractivity contribution is -0.140. The number of carbonyl (C=O) groups excluding carboxylic acids is 1. The first kappa shape index (κ1) is 22.5. The number of aryl methyl sites for hydroxylation is 1. The molecule has 4 rings (SSSR count). The fourth-order valence-electron chi connectivity index (χ4n) is 3.68. The van der Waals surface area contributed by atoms with Crippen molar-refractivity contribution < 1.29 is 14.3 Å². The molecule has 0 aliphatic carbocycles. The molecule has 0 fully saturated rings. The predicted octanol–water partition coefficient (Wildman–Crippen LogP) is 2.44. The molecule has 0 spiro atoms. The Morgan fingerprint density at radius 3 is 2.66 bits per heavy atom. The van der Waals surface area contributed by atoms with E-state index >= 15 is 0 Å². The number of carbonyl (C=O) groups is 1. The fourth-order valence-corrected chi connectivity index (χ4v) is 4.81. The number of nitrogens with one attached hydrogen (secondary N) is 1. The van der Waals surface area contributed by atoms with E-state index in [1.54, 1.807) is 15.4 Å². The van der Waals surface area contributed by atoms with Crippen molar-refractivity contribution in [1.29, 1.82) is 0 Å². The van der Waals surface area contributed by atoms with E-state index in [2.05, 4.69) is 10.4 Å². The molecule has 1 N–H and O–H groups in total. The Balaban J connectivity index is 1.53. The van der Waals surface area contributed by atoms with E-state index in [1.807, 2.05) is 45.0 Å². The summed E-state index contributed by atoms with van der Waals surface area (Å²) >= 11 is 1.48. The van der Waals surface area contributed by atoms with Crippen LogP contribution in [-0.2, 0) is 14.3 Å². The van der Waals surface area contributed by atoms with Gasteiger partial charge in [-0.2, -0.15) is 5.10 Å². The molecule has 170 valence electrons. The van der Waals surface area contributed by atoms with Crippen LogP contribution in [0.15, 0.2) is 40.4 Å². The second-order valence-electron chi connectivity index (χ2n) is 7.51. The summed E-state index contributed by atoms with van der Waals surface area (Å²) < 4.78 is 14.2. The van der Waals surface area contributed by atoms with Gasteiger partial charge >= 0.3 is 0 Å². The first-order valence-electron chi connectivity index (χ1n) is 10.7. The maximum absolute atomic E-state index is 13.2. The number of ether oxygens (including phenoxy) is 2. The first-order chi connectivity index (χ1) is 15.5. The summed E-state index contributed by atoms with van der Waals surface area (Å²) in [7, 11) is 0. The summed E-state index contributed by atoms with van der Waals surface area (Å²) in [5.41, 5.74) is 2.34. The standard InChI is InChI=1S/C22H27N5O4S/c1-4-30-19(31-5-2)12-23-18(28)10-16-13-32-22-25-20-17(21(29)26(16)22)11-24-27(20)15-8-6-14(3)7-9-15/h6-9,11,16,19H,4-5,10,12-13H2,1-3H3,(H,23,28). The van der Waals surface area contributed by atoms with Gasteiger partial charge in [-0.05, 0) is 32.9 Å². The van der Waals surface area contributed by atoms with E-state index in [-0.39, 0.29) is 30.5 Å². The molecule has 0 bridgehead atoms. The number of fused-ring (bicyclic) bond motifs is 2. The second kappa shape index (κ2) is 9.85. The molecule has 1 amide bonds. The van der Waals surface area contributed by atoms with Crippen molar-refractivity contribution in [2.45, 2.75) is 44.7 Å². The average molecular weight is 458 g/mol. The number of rotatable bonds is 9. The van der Waals surface area contributed by atoms with E-state index < -0.39 is 6.29 Å². The van der Waals surface area contributed by atoms with Crippen LogP contribution in [0, 0.1) is 6.92 Å². The van der Waals surface area contributed by atoms with Crippen molar-refractivity contribution >= 4 is 28.7 Å². The van der Waals surface area contributed by atoms with Crippen molar-refractivity contribution in [3.63, 3.8) is 0 Å². The molecule has 3 heterocycles. The number of amides is 1. The largest absolute Gasteiger partial charge is 0.351 e. The third-order valence-corrected chi connectivity index (χ3v) is 6.34. The summed E-state index contributed by atoms with van der Waals surface area (Å²) in [5, 5.41) is 8.28. The molecule has 9 nitrogen and oxygen atoms in total. The topological polar surface area (TPSA) is 100 Å². The Labute approximate surface area is 190 Å². The highest BCUT2D eigenvalue weighted by Crippen LogP contribution is 2.33. The van der Waals surface area contributed by atoms with Crippen LogP contribution in [0.2, 0.25) is 0 Å². The quantitative estimate of drug-likeness (QED) is 0.389. The molecule has 1 aromatic carbocycles. The second-order valence-corrected chi connectivity index (χ2v) is 8.50. The van der Waals surface area contributed by atoms with E-state index in [4.69, 9.17) is 14.5 Å². The molecule has 1 atom stereocenters. The summed E-state index contributed by atoms with van der Waals surface area (Å²) in [5.74, 6) is 0.454. The summed E-state index contributed by atoms with van der Waals surface area (Å²) in [6, 6.07) is 7.63. The Hall–Kier alpha value is -2.69. The Kier molecular flexibility index (Phi) is 6.92. The van der Waals surface area contributed by atoms with Gasteiger partial charge in [0.2, 0.25) is 5.91 Å². The maximum atomic E-state index is 13.2. The molecule has 2 aromatic heterocycles. The number of aromatic nitrogens is 4. The third-order valence-electron chi connectivity index (χ3n) is 5.24. The van der Waals surface area contributed by atoms with Crippen LogP contribution in [0.3, 0.4) is 0 Å². The zero-order chi connectivity index (χ0) is 22.7. The molecule has 0 radical (unpaired) electrons. The van der Waals surface area contributed by atoms with Gasteiger partial charge in [0.25, 0.3) is 5.56 Å². The number of hydrogen-bond donors (Lipinski definition) is 1. The van der Waals surface area contributed by atoms with Gasteiger partial charge in [-0.1, -0.05) is 29.5 Å². The monoisotopic (exact) mass is 457 g/mol. The molecular formula is C22H27N5O4S. The van der Waals surface area contributed by atoms with Crippen LogP contribution in [0.25, 0.3) is 16.7 Å². The highest BCUT2D eigenvalue weighted by Gasteiger charge is 2.29. The van der Waals surface area contributed by atoms with Crippen LogP contribution in [-0.4, -0.2) is 57.0 Å². The minimum absolute atomic E-state index is 0.157. The lowest BCUT2D eigenvalue weighted by Gasteiger charge is -2.18. The molecule has 1 unspecified atom stereocenters. The number of nitrogens with zero attached hydrogens (tertiary/aromatic N) is 4. The highest BCUT2D eigenvalue weighted by molar-refractivity contribution is 7.99. The minimum Gasteiger partial charge on any atom is -0.351 e. The van der Waals surface area contributed by atoms with Crippen molar-refractivity contribution in [2.75, 3.05) is 25.5 Å². The fraction of sp³-hybridized carbons (Fsp3) is 0.455. The maximum Gasteiger partial charge on any atom is 0.265 e. The molecule has 10 heteroatoms. The number of benzene rings is 1. The van der Waals surface area contributed by atoms with Gasteiger partial charge in [0.05, 0.1) is 24.5 Å². The molecule has 0 saturated carbocycles. The normalized spacial score (nSPS) is 15.4. The Bertz CT molecular complexity index is 1150. The van der Waals surface area contributed by atoms with E-state index in [0.717, 1.165) is 11.3 Å². The van der Waals surface area contributed by atoms with Crippen molar-refractivity contribution in [2.24, 2.45) is 0 Å². The molecule has 3 aromatic rings. The van der Waals surface area contributed by atoms with Gasteiger partial charge in [-0.3, -0.25) is 14.2 Å². The Morgan fingerprint density at radius 2 is 1.97 bits per heavy atom. The highest BCUT2D eigenvalue weighted by atomic mass is 32.2. The van der Waals surface area contributed by atoms with Crippen LogP contribution < -0.4 is 10.9 Å². The van der Waals surface area contributed by atoms with Crippen LogP contribution in [0.1, 0.15) is 31.9 Å². The smallest absolute Gasteiger partial charge is 0.265 e. The van der Waals surface area contributed by atoms with E-state index in [1.165, 1.54) is 11.8 Å². The molecular weight excluding hydrogens is 430 g/mol. The first-order valence-corrected chi connectivity index (χ1v) is 11.7. The Morgan fingerprint density at radius 1 is 1.25 bits per heavy atom. The number of thioether (sulfide) groups is 1. The van der Waals surface area contributed by atoms with Gasteiger partial charge < -0.3 is 14.8 Å². The van der Waals surface area contributed by atoms with Crippen LogP contribution in [0.5, 0.6) is 0 Å². The van der Waals surface area contributed by atoms with Crippen molar-refractivity contribution in [1.82, 2.24) is 24.6 Å². The van der Waals surface area contributed by atoms with Crippen molar-refractivity contribution in [3.05, 3.63) is 46.4 Å². The van der Waals surface area contributed by atoms with Crippen molar-refractivity contribution in [3.8, 4) is 5.69 Å². The van der Waals surface area contributed by atoms with Gasteiger partial charge in [0.15, 0.2) is 17.1 Å². The van der Waals surface area contributed by atoms with Crippen LogP contribution >= 0.6 is 11.8 Å². The van der Waals surface area contributed by atoms with Gasteiger partial charge in [-0.15, -0.1) is 0 Å². The average Bonchev–Trinajstić information content (AvgIpc) is 3.38. The molecule has 32 heavy (non-hydrogen) atoms. The minimum atomic E-state index is -0.476. The lowest BCUT2D eigenvalue weighted by Crippen LogP contribution is -2.37. The SMILES string of the molecule is CCOC(CNC(=O)CC1CSc2nc3c(cnn3-c3ccc(C)cc3)c(=O)n21)OCC. The van der Waals surface area contributed by atoms with Gasteiger partial charge in [-0.25, -0.2) is 9.67 Å². The van der Waals surface area contributed by atoms with Gasteiger partial charge in [0.1, 0.15) is 5.39 Å². The molecule has 1 aliphatic heterocycles. The van der Waals surface area contributed by atoms with Gasteiger partial charge in [0, 0.05) is 25.4 Å². The number of hydrogen-bond acceptors (Lipinski definition) is 7. The third kappa shape index (κ3) is 4.57. The van der Waals surface area contributed by atoms with Crippen LogP contribution in [0.4, 0.5) is 0 Å². The zero-order valence-corrected chi connectivity index (χ0v) is 19.2. The summed E-state index contributed by atoms with van der Waals surface area (Å²) in [6.07, 6.45) is 1.26. The predicted molar refractivity (Wildman–Crippen MR) is 122 cm³/mol.